The lowest BCUT2D eigenvalue weighted by molar-refractivity contribution is 0.0652. The summed E-state index contributed by atoms with van der Waals surface area (Å²) in [5.41, 5.74) is 8.25. The molecular formula is C23H33N8O2+. The largest absolute Gasteiger partial charge is 0.465 e. The Balaban J connectivity index is 1.86. The molecule has 176 valence electrons. The molecule has 3 aromatic rings. The lowest BCUT2D eigenvalue weighted by Crippen LogP contribution is -2.70. The van der Waals surface area contributed by atoms with Crippen LogP contribution in [0.1, 0.15) is 34.1 Å². The Morgan fingerprint density at radius 2 is 2.00 bits per heavy atom. The van der Waals surface area contributed by atoms with Crippen molar-refractivity contribution in [3.8, 4) is 11.3 Å². The van der Waals surface area contributed by atoms with E-state index in [0.717, 1.165) is 40.9 Å². The number of hydrogen-bond donors (Lipinski definition) is 5. The molecule has 3 heterocycles. The number of aromatic nitrogens is 4. The Morgan fingerprint density at radius 1 is 1.24 bits per heavy atom. The van der Waals surface area contributed by atoms with E-state index in [4.69, 9.17) is 15.7 Å². The van der Waals surface area contributed by atoms with Crippen LogP contribution in [0.3, 0.4) is 0 Å². The van der Waals surface area contributed by atoms with Gasteiger partial charge in [-0.25, -0.2) is 9.78 Å². The van der Waals surface area contributed by atoms with E-state index >= 15 is 0 Å². The van der Waals surface area contributed by atoms with E-state index in [2.05, 4.69) is 48.5 Å². The normalized spacial score (nSPS) is 23.4. The molecule has 0 bridgehead atoms. The maximum Gasteiger partial charge on any atom is 0.405 e. The number of H-pyrrole nitrogens is 1. The van der Waals surface area contributed by atoms with Crippen molar-refractivity contribution in [3.05, 3.63) is 24.3 Å². The minimum Gasteiger partial charge on any atom is -0.465 e. The smallest absolute Gasteiger partial charge is 0.405 e. The molecule has 1 unspecified atom stereocenters. The number of anilines is 2. The summed E-state index contributed by atoms with van der Waals surface area (Å²) in [5.74, 6) is 2.17. The van der Waals surface area contributed by atoms with Crippen molar-refractivity contribution in [2.75, 3.05) is 31.2 Å². The first kappa shape index (κ1) is 22.8. The minimum absolute atomic E-state index is 0.161. The number of nitrogens with zero attached hydrogens (tertiary/aromatic N) is 4. The van der Waals surface area contributed by atoms with Gasteiger partial charge in [0.05, 0.1) is 29.3 Å². The summed E-state index contributed by atoms with van der Waals surface area (Å²) in [6.45, 7) is 10.2. The number of nitrogens with two attached hydrogens (primary N) is 1. The average molecular weight is 454 g/mol. The molecule has 4 rings (SSSR count). The molecular weight excluding hydrogens is 420 g/mol. The Labute approximate surface area is 193 Å². The molecule has 10 nitrogen and oxygen atoms in total. The zero-order chi connectivity index (χ0) is 24.0. The Kier molecular flexibility index (Phi) is 5.65. The van der Waals surface area contributed by atoms with Crippen LogP contribution in [0.15, 0.2) is 24.3 Å². The van der Waals surface area contributed by atoms with Gasteiger partial charge in [0.15, 0.2) is 5.82 Å². The molecule has 6 N–H and O–H groups in total. The standard InChI is InChI=1S/C23H32N8O2/c1-13-8-15(26-22(32)33)12-31(11-13,23(2,3)4)19-10-17(27-21(25-5)28-19)14-6-7-16-18(9-14)29-30-20(16)24/h6-7,9-10,13,15,26H,8,11-12H2,1-5H3,(H4-,24,25,27,28,29,30,32,33)/p+1/t13-,15-,31?/m1/s1. The van der Waals surface area contributed by atoms with Gasteiger partial charge in [-0.3, -0.25) is 9.58 Å². The van der Waals surface area contributed by atoms with Crippen molar-refractivity contribution >= 4 is 34.6 Å². The molecule has 0 aliphatic carbocycles. The van der Waals surface area contributed by atoms with E-state index in [1.807, 2.05) is 24.3 Å². The molecule has 33 heavy (non-hydrogen) atoms. The van der Waals surface area contributed by atoms with Crippen LogP contribution in [-0.2, 0) is 0 Å². The summed E-state index contributed by atoms with van der Waals surface area (Å²) in [5, 5.41) is 23.1. The molecule has 0 spiro atoms. The van der Waals surface area contributed by atoms with E-state index in [9.17, 15) is 9.90 Å². The number of nitrogens with one attached hydrogen (secondary N) is 3. The third kappa shape index (κ3) is 4.18. The molecule has 1 aliphatic rings. The Morgan fingerprint density at radius 3 is 2.67 bits per heavy atom. The summed E-state index contributed by atoms with van der Waals surface area (Å²) >= 11 is 0. The molecule has 10 heteroatoms. The number of rotatable bonds is 4. The number of benzene rings is 1. The van der Waals surface area contributed by atoms with Gasteiger partial charge in [0.2, 0.25) is 11.8 Å². The van der Waals surface area contributed by atoms with E-state index < -0.39 is 6.09 Å². The Bertz CT molecular complexity index is 1180. The number of aromatic amines is 1. The molecule has 1 amide bonds. The van der Waals surface area contributed by atoms with Crippen molar-refractivity contribution in [2.45, 2.75) is 45.7 Å². The zero-order valence-electron chi connectivity index (χ0n) is 19.8. The van der Waals surface area contributed by atoms with Crippen molar-refractivity contribution in [1.82, 2.24) is 30.0 Å². The number of quaternary nitrogens is 1. The average Bonchev–Trinajstić information content (AvgIpc) is 3.11. The highest BCUT2D eigenvalue weighted by atomic mass is 16.4. The van der Waals surface area contributed by atoms with E-state index in [0.29, 0.717) is 28.7 Å². The highest BCUT2D eigenvalue weighted by Crippen LogP contribution is 2.39. The highest BCUT2D eigenvalue weighted by molar-refractivity contribution is 5.91. The minimum atomic E-state index is -0.993. The van der Waals surface area contributed by atoms with E-state index in [-0.39, 0.29) is 11.6 Å². The lowest BCUT2D eigenvalue weighted by atomic mass is 9.87. The summed E-state index contributed by atoms with van der Waals surface area (Å²) in [4.78, 5) is 21.1. The number of hydrogen-bond acceptors (Lipinski definition) is 6. The predicted octanol–water partition coefficient (Wildman–Crippen LogP) is 3.43. The summed E-state index contributed by atoms with van der Waals surface area (Å²) in [7, 11) is 1.80. The molecule has 1 fully saturated rings. The monoisotopic (exact) mass is 453 g/mol. The molecule has 3 atom stereocenters. The lowest BCUT2D eigenvalue weighted by Gasteiger charge is -2.52. The van der Waals surface area contributed by atoms with Crippen molar-refractivity contribution < 1.29 is 9.90 Å². The first-order chi connectivity index (χ1) is 15.5. The maximum atomic E-state index is 11.4. The van der Waals surface area contributed by atoms with E-state index in [1.54, 1.807) is 7.05 Å². The van der Waals surface area contributed by atoms with Crippen LogP contribution in [0, 0.1) is 5.92 Å². The Hall–Kier alpha value is -3.40. The van der Waals surface area contributed by atoms with E-state index in [1.165, 1.54) is 0 Å². The second kappa shape index (κ2) is 8.18. The van der Waals surface area contributed by atoms with Crippen LogP contribution in [-0.4, -0.2) is 63.1 Å². The van der Waals surface area contributed by atoms with Crippen molar-refractivity contribution in [2.24, 2.45) is 5.92 Å². The van der Waals surface area contributed by atoms with Gasteiger partial charge in [0, 0.05) is 30.0 Å². The quantitative estimate of drug-likeness (QED) is 0.381. The number of fused-ring (bicyclic) bond motifs is 1. The fraction of sp³-hybridized carbons (Fsp3) is 0.478. The van der Waals surface area contributed by atoms with Crippen LogP contribution < -0.4 is 20.9 Å². The summed E-state index contributed by atoms with van der Waals surface area (Å²) in [6, 6.07) is 7.77. The molecule has 2 aromatic heterocycles. The highest BCUT2D eigenvalue weighted by Gasteiger charge is 2.50. The number of carbonyl (C=O) groups is 1. The van der Waals surface area contributed by atoms with Crippen molar-refractivity contribution in [3.63, 3.8) is 0 Å². The predicted molar refractivity (Wildman–Crippen MR) is 131 cm³/mol. The van der Waals surface area contributed by atoms with Crippen LogP contribution in [0.4, 0.5) is 22.4 Å². The molecule has 1 saturated heterocycles. The van der Waals surface area contributed by atoms with Gasteiger partial charge < -0.3 is 21.5 Å². The summed E-state index contributed by atoms with van der Waals surface area (Å²) in [6.07, 6.45) is -0.190. The summed E-state index contributed by atoms with van der Waals surface area (Å²) < 4.78 is 0.544. The second-order valence-electron chi connectivity index (χ2n) is 10.0. The SMILES string of the molecule is CNc1nc(-c2ccc3c(N)n[nH]c3c2)cc([N+]2(C(C)(C)C)C[C@H](C)C[C@@H](NC(=O)O)C2)n1. The maximum absolute atomic E-state index is 11.4. The zero-order valence-corrected chi connectivity index (χ0v) is 19.8. The van der Waals surface area contributed by atoms with Gasteiger partial charge in [-0.05, 0) is 39.3 Å². The molecule has 0 saturated carbocycles. The first-order valence-electron chi connectivity index (χ1n) is 11.2. The van der Waals surface area contributed by atoms with Crippen molar-refractivity contribution in [1.29, 1.82) is 0 Å². The number of piperidine rings is 1. The number of likely N-dealkylation sites (tertiary alicyclic amines) is 1. The van der Waals surface area contributed by atoms with Crippen LogP contribution in [0.5, 0.6) is 0 Å². The number of carboxylic acid groups (broad SMARTS) is 1. The number of amides is 1. The fourth-order valence-electron chi connectivity index (χ4n) is 5.09. The second-order valence-corrected chi connectivity index (χ2v) is 10.0. The van der Waals surface area contributed by atoms with Gasteiger partial charge in [-0.1, -0.05) is 13.0 Å². The topological polar surface area (TPSA) is 142 Å². The fourth-order valence-corrected chi connectivity index (χ4v) is 5.09. The molecule has 1 aliphatic heterocycles. The van der Waals surface area contributed by atoms with Crippen LogP contribution in [0.25, 0.3) is 22.2 Å². The third-order valence-corrected chi connectivity index (χ3v) is 6.72. The van der Waals surface area contributed by atoms with Gasteiger partial charge in [-0.15, -0.1) is 0 Å². The molecule has 1 aromatic carbocycles. The van der Waals surface area contributed by atoms with Crippen LogP contribution >= 0.6 is 0 Å². The molecule has 0 radical (unpaired) electrons. The first-order valence-corrected chi connectivity index (χ1v) is 11.2. The van der Waals surface area contributed by atoms with Gasteiger partial charge in [0.1, 0.15) is 6.54 Å². The number of nitrogen functional groups attached to an aromatic ring is 1. The third-order valence-electron chi connectivity index (χ3n) is 6.72. The van der Waals surface area contributed by atoms with Gasteiger partial charge in [0.25, 0.3) is 0 Å². The van der Waals surface area contributed by atoms with Crippen LogP contribution in [0.2, 0.25) is 0 Å². The van der Waals surface area contributed by atoms with Gasteiger partial charge >= 0.3 is 6.09 Å². The van der Waals surface area contributed by atoms with Gasteiger partial charge in [-0.2, -0.15) is 10.1 Å².